The van der Waals surface area contributed by atoms with Gasteiger partial charge < -0.3 is 4.90 Å². The van der Waals surface area contributed by atoms with Gasteiger partial charge in [0, 0.05) is 23.5 Å². The van der Waals surface area contributed by atoms with Gasteiger partial charge in [0.15, 0.2) is 0 Å². The van der Waals surface area contributed by atoms with Crippen molar-refractivity contribution in [1.82, 2.24) is 4.90 Å². The van der Waals surface area contributed by atoms with Crippen molar-refractivity contribution in [3.8, 4) is 6.07 Å². The van der Waals surface area contributed by atoms with E-state index < -0.39 is 0 Å². The first-order chi connectivity index (χ1) is 9.28. The second-order valence-electron chi connectivity index (χ2n) is 4.54. The summed E-state index contributed by atoms with van der Waals surface area (Å²) in [6, 6.07) is 11.1. The van der Waals surface area contributed by atoms with Crippen molar-refractivity contribution < 1.29 is 4.79 Å². The highest BCUT2D eigenvalue weighted by Crippen LogP contribution is 2.25. The fourth-order valence-corrected chi connectivity index (χ4v) is 3.22. The van der Waals surface area contributed by atoms with Crippen LogP contribution in [0.15, 0.2) is 35.7 Å². The van der Waals surface area contributed by atoms with Crippen LogP contribution in [0.3, 0.4) is 0 Å². The van der Waals surface area contributed by atoms with E-state index in [1.807, 2.05) is 4.90 Å². The summed E-state index contributed by atoms with van der Waals surface area (Å²) in [6.45, 7) is 1.43. The second kappa shape index (κ2) is 4.87. The molecule has 1 amide bonds. The van der Waals surface area contributed by atoms with E-state index >= 15 is 0 Å². The maximum Gasteiger partial charge on any atom is 0.254 e. The molecule has 3 nitrogen and oxygen atoms in total. The Labute approximate surface area is 115 Å². The van der Waals surface area contributed by atoms with Crippen LogP contribution in [0.5, 0.6) is 0 Å². The molecule has 1 aliphatic rings. The van der Waals surface area contributed by atoms with E-state index in [1.54, 1.807) is 35.6 Å². The lowest BCUT2D eigenvalue weighted by Crippen LogP contribution is -2.35. The second-order valence-corrected chi connectivity index (χ2v) is 5.54. The first-order valence-electron chi connectivity index (χ1n) is 6.12. The zero-order chi connectivity index (χ0) is 13.2. The molecule has 1 aromatic heterocycles. The third-order valence-corrected chi connectivity index (χ3v) is 4.36. The van der Waals surface area contributed by atoms with Crippen molar-refractivity contribution in [2.45, 2.75) is 13.0 Å². The fourth-order valence-electron chi connectivity index (χ4n) is 2.33. The molecule has 0 radical (unpaired) electrons. The van der Waals surface area contributed by atoms with Crippen LogP contribution in [-0.2, 0) is 13.0 Å². The highest BCUT2D eigenvalue weighted by atomic mass is 32.1. The van der Waals surface area contributed by atoms with Crippen molar-refractivity contribution in [1.29, 1.82) is 5.26 Å². The van der Waals surface area contributed by atoms with E-state index in [-0.39, 0.29) is 5.91 Å². The lowest BCUT2D eigenvalue weighted by molar-refractivity contribution is 0.0736. The molecule has 2 aromatic rings. The number of amides is 1. The Balaban J connectivity index is 1.84. The molecule has 3 rings (SSSR count). The van der Waals surface area contributed by atoms with Crippen LogP contribution >= 0.6 is 11.3 Å². The normalized spacial score (nSPS) is 13.7. The van der Waals surface area contributed by atoms with Crippen molar-refractivity contribution >= 4 is 17.2 Å². The molecule has 0 unspecified atom stereocenters. The molecule has 0 bridgehead atoms. The summed E-state index contributed by atoms with van der Waals surface area (Å²) in [4.78, 5) is 15.7. The molecule has 0 atom stereocenters. The number of fused-ring (bicyclic) bond motifs is 1. The third kappa shape index (κ3) is 2.25. The van der Waals surface area contributed by atoms with Crippen LogP contribution < -0.4 is 0 Å². The number of rotatable bonds is 1. The van der Waals surface area contributed by atoms with Crippen LogP contribution in [0.4, 0.5) is 0 Å². The molecular formula is C15H12N2OS. The molecule has 0 spiro atoms. The van der Waals surface area contributed by atoms with E-state index in [0.717, 1.165) is 13.0 Å². The van der Waals surface area contributed by atoms with E-state index in [1.165, 1.54) is 10.4 Å². The van der Waals surface area contributed by atoms with E-state index in [0.29, 0.717) is 17.7 Å². The Kier molecular flexibility index (Phi) is 3.06. The Morgan fingerprint density at radius 2 is 2.26 bits per heavy atom. The van der Waals surface area contributed by atoms with Gasteiger partial charge in [0.2, 0.25) is 0 Å². The molecule has 19 heavy (non-hydrogen) atoms. The van der Waals surface area contributed by atoms with Crippen LogP contribution in [0.1, 0.15) is 26.4 Å². The van der Waals surface area contributed by atoms with Gasteiger partial charge in [-0.25, -0.2) is 0 Å². The Morgan fingerprint density at radius 1 is 1.37 bits per heavy atom. The topological polar surface area (TPSA) is 44.1 Å². The standard InChI is InChI=1S/C15H12N2OS/c16-9-11-2-1-3-12(8-11)15(18)17-6-4-14-13(10-17)5-7-19-14/h1-3,5,7-8H,4,6,10H2. The fraction of sp³-hybridized carbons (Fsp3) is 0.200. The smallest absolute Gasteiger partial charge is 0.254 e. The van der Waals surface area contributed by atoms with Crippen molar-refractivity contribution in [2.75, 3.05) is 6.54 Å². The molecule has 4 heteroatoms. The molecule has 2 heterocycles. The molecule has 0 saturated heterocycles. The summed E-state index contributed by atoms with van der Waals surface area (Å²) in [5, 5.41) is 11.0. The predicted molar refractivity (Wildman–Crippen MR) is 73.9 cm³/mol. The van der Waals surface area contributed by atoms with E-state index in [2.05, 4.69) is 17.5 Å². The molecule has 94 valence electrons. The van der Waals surface area contributed by atoms with Crippen molar-refractivity contribution in [3.05, 3.63) is 57.3 Å². The zero-order valence-electron chi connectivity index (χ0n) is 10.3. The number of nitriles is 1. The summed E-state index contributed by atoms with van der Waals surface area (Å²) in [7, 11) is 0. The lowest BCUT2D eigenvalue weighted by Gasteiger charge is -2.27. The average Bonchev–Trinajstić information content (AvgIpc) is 2.94. The van der Waals surface area contributed by atoms with E-state index in [4.69, 9.17) is 5.26 Å². The molecule has 0 fully saturated rings. The van der Waals surface area contributed by atoms with Gasteiger partial charge in [-0.05, 0) is 41.6 Å². The number of benzene rings is 1. The van der Waals surface area contributed by atoms with Gasteiger partial charge in [0.1, 0.15) is 0 Å². The SMILES string of the molecule is N#Cc1cccc(C(=O)N2CCc3sccc3C2)c1. The maximum absolute atomic E-state index is 12.4. The van der Waals surface area contributed by atoms with Gasteiger partial charge in [-0.1, -0.05) is 6.07 Å². The molecule has 1 aromatic carbocycles. The number of hydrogen-bond acceptors (Lipinski definition) is 3. The van der Waals surface area contributed by atoms with Gasteiger partial charge in [0.05, 0.1) is 11.6 Å². The quantitative estimate of drug-likeness (QED) is 0.798. The zero-order valence-corrected chi connectivity index (χ0v) is 11.1. The minimum Gasteiger partial charge on any atom is -0.334 e. The van der Waals surface area contributed by atoms with Gasteiger partial charge in [-0.15, -0.1) is 11.3 Å². The largest absolute Gasteiger partial charge is 0.334 e. The predicted octanol–water partition coefficient (Wildman–Crippen LogP) is 2.82. The molecular weight excluding hydrogens is 256 g/mol. The molecule has 0 aliphatic carbocycles. The number of carbonyl (C=O) groups excluding carboxylic acids is 1. The molecule has 1 aliphatic heterocycles. The van der Waals surface area contributed by atoms with E-state index in [9.17, 15) is 4.79 Å². The summed E-state index contributed by atoms with van der Waals surface area (Å²) in [5.41, 5.74) is 2.37. The van der Waals surface area contributed by atoms with Gasteiger partial charge in [-0.3, -0.25) is 4.79 Å². The van der Waals surface area contributed by atoms with Crippen LogP contribution in [-0.4, -0.2) is 17.4 Å². The number of nitrogens with zero attached hydrogens (tertiary/aromatic N) is 2. The van der Waals surface area contributed by atoms with Gasteiger partial charge in [-0.2, -0.15) is 5.26 Å². The third-order valence-electron chi connectivity index (χ3n) is 3.33. The highest BCUT2D eigenvalue weighted by Gasteiger charge is 2.22. The first kappa shape index (κ1) is 11.9. The average molecular weight is 268 g/mol. The Bertz CT molecular complexity index is 669. The monoisotopic (exact) mass is 268 g/mol. The minimum atomic E-state index is 0.00829. The summed E-state index contributed by atoms with van der Waals surface area (Å²) in [6.07, 6.45) is 0.927. The maximum atomic E-state index is 12.4. The van der Waals surface area contributed by atoms with Crippen molar-refractivity contribution in [2.24, 2.45) is 0 Å². The Morgan fingerprint density at radius 3 is 3.11 bits per heavy atom. The number of hydrogen-bond donors (Lipinski definition) is 0. The number of carbonyl (C=O) groups is 1. The van der Waals surface area contributed by atoms with Gasteiger partial charge in [0.25, 0.3) is 5.91 Å². The van der Waals surface area contributed by atoms with Crippen LogP contribution in [0, 0.1) is 11.3 Å². The minimum absolute atomic E-state index is 0.00829. The summed E-state index contributed by atoms with van der Waals surface area (Å²) < 4.78 is 0. The van der Waals surface area contributed by atoms with Crippen LogP contribution in [0.25, 0.3) is 0 Å². The lowest BCUT2D eigenvalue weighted by atomic mass is 10.1. The Hall–Kier alpha value is -2.12. The first-order valence-corrected chi connectivity index (χ1v) is 7.00. The number of thiophene rings is 1. The van der Waals surface area contributed by atoms with Gasteiger partial charge >= 0.3 is 0 Å². The summed E-state index contributed by atoms with van der Waals surface area (Å²) >= 11 is 1.76. The molecule has 0 N–H and O–H groups in total. The highest BCUT2D eigenvalue weighted by molar-refractivity contribution is 7.10. The molecule has 0 saturated carbocycles. The van der Waals surface area contributed by atoms with Crippen LogP contribution in [0.2, 0.25) is 0 Å². The van der Waals surface area contributed by atoms with Crippen molar-refractivity contribution in [3.63, 3.8) is 0 Å². The summed E-state index contributed by atoms with van der Waals surface area (Å²) in [5.74, 6) is 0.00829.